The highest BCUT2D eigenvalue weighted by Crippen LogP contribution is 2.23. The fourth-order valence-electron chi connectivity index (χ4n) is 4.59. The van der Waals surface area contributed by atoms with Gasteiger partial charge in [-0.2, -0.15) is 0 Å². The maximum atomic E-state index is 12.9. The molecule has 0 bridgehead atoms. The third-order valence-corrected chi connectivity index (χ3v) is 6.51. The molecule has 2 saturated heterocycles. The Hall–Kier alpha value is -2.41. The zero-order valence-electron chi connectivity index (χ0n) is 17.5. The van der Waals surface area contributed by atoms with E-state index in [2.05, 4.69) is 16.9 Å². The van der Waals surface area contributed by atoms with E-state index >= 15 is 0 Å². The van der Waals surface area contributed by atoms with Gasteiger partial charge in [-0.05, 0) is 63.9 Å². The Morgan fingerprint density at radius 3 is 2.55 bits per heavy atom. The number of likely N-dealkylation sites (tertiary alicyclic amines) is 2. The van der Waals surface area contributed by atoms with Crippen LogP contribution in [0.2, 0.25) is 0 Å². The predicted octanol–water partition coefficient (Wildman–Crippen LogP) is 1.99. The number of rotatable bonds is 4. The Kier molecular flexibility index (Phi) is 5.85. The number of nitrogens with zero attached hydrogens (tertiary/aromatic N) is 5. The molecule has 2 amide bonds. The van der Waals surface area contributed by atoms with Gasteiger partial charge in [0.05, 0.1) is 5.56 Å². The number of piperidine rings is 2. The summed E-state index contributed by atoms with van der Waals surface area (Å²) in [5.74, 6) is 1.02. The van der Waals surface area contributed by atoms with Crippen molar-refractivity contribution >= 4 is 17.5 Å². The highest BCUT2D eigenvalue weighted by atomic mass is 16.2. The monoisotopic (exact) mass is 397 g/mol. The zero-order chi connectivity index (χ0) is 20.4. The molecule has 2 aliphatic heterocycles. The van der Waals surface area contributed by atoms with Crippen LogP contribution in [0.15, 0.2) is 30.7 Å². The summed E-state index contributed by atoms with van der Waals surface area (Å²) < 4.78 is 1.88. The van der Waals surface area contributed by atoms with E-state index < -0.39 is 0 Å². The first-order chi connectivity index (χ1) is 14.0. The summed E-state index contributed by atoms with van der Waals surface area (Å²) >= 11 is 0. The van der Waals surface area contributed by atoms with Crippen molar-refractivity contribution in [2.75, 3.05) is 46.8 Å². The molecule has 0 aliphatic carbocycles. The second-order valence-corrected chi connectivity index (χ2v) is 8.64. The van der Waals surface area contributed by atoms with Crippen LogP contribution in [0.3, 0.4) is 0 Å². The number of hydrogen-bond acceptors (Lipinski definition) is 4. The normalized spacial score (nSPS) is 19.6. The van der Waals surface area contributed by atoms with Crippen LogP contribution in [-0.4, -0.2) is 82.7 Å². The molecule has 2 aliphatic rings. The van der Waals surface area contributed by atoms with Gasteiger partial charge < -0.3 is 19.1 Å². The van der Waals surface area contributed by atoms with E-state index in [1.165, 1.54) is 0 Å². The van der Waals surface area contributed by atoms with E-state index in [1.54, 1.807) is 6.20 Å². The first-order valence-electron chi connectivity index (χ1n) is 10.7. The number of carbonyl (C=O) groups is 2. The van der Waals surface area contributed by atoms with Gasteiger partial charge >= 0.3 is 0 Å². The molecule has 2 aromatic rings. The molecule has 0 spiro atoms. The van der Waals surface area contributed by atoms with Gasteiger partial charge in [0.2, 0.25) is 5.91 Å². The van der Waals surface area contributed by atoms with E-state index in [0.29, 0.717) is 17.4 Å². The number of carbonyl (C=O) groups excluding carboxylic acids is 2. The summed E-state index contributed by atoms with van der Waals surface area (Å²) in [7, 11) is 4.06. The molecule has 0 atom stereocenters. The molecule has 7 heteroatoms. The second-order valence-electron chi connectivity index (χ2n) is 8.64. The molecule has 4 rings (SSSR count). The smallest absolute Gasteiger partial charge is 0.255 e. The van der Waals surface area contributed by atoms with Gasteiger partial charge in [0.1, 0.15) is 5.65 Å². The van der Waals surface area contributed by atoms with Crippen molar-refractivity contribution in [3.05, 3.63) is 36.3 Å². The maximum absolute atomic E-state index is 12.9. The van der Waals surface area contributed by atoms with Gasteiger partial charge in [-0.25, -0.2) is 4.98 Å². The predicted molar refractivity (Wildman–Crippen MR) is 112 cm³/mol. The summed E-state index contributed by atoms with van der Waals surface area (Å²) in [5, 5.41) is 0. The highest BCUT2D eigenvalue weighted by Gasteiger charge is 2.29. The minimum Gasteiger partial charge on any atom is -0.345 e. The molecule has 156 valence electrons. The molecule has 0 unspecified atom stereocenters. The van der Waals surface area contributed by atoms with Gasteiger partial charge in [0.25, 0.3) is 5.91 Å². The van der Waals surface area contributed by atoms with Crippen LogP contribution >= 0.6 is 0 Å². The summed E-state index contributed by atoms with van der Waals surface area (Å²) in [6, 6.07) is 3.73. The van der Waals surface area contributed by atoms with Gasteiger partial charge in [-0.15, -0.1) is 0 Å². The molecule has 0 radical (unpaired) electrons. The van der Waals surface area contributed by atoms with Crippen molar-refractivity contribution in [2.24, 2.45) is 11.8 Å². The van der Waals surface area contributed by atoms with Crippen LogP contribution in [-0.2, 0) is 4.79 Å². The number of pyridine rings is 1. The number of amides is 2. The van der Waals surface area contributed by atoms with Gasteiger partial charge in [-0.3, -0.25) is 9.59 Å². The average Bonchev–Trinajstić information content (AvgIpc) is 3.21. The maximum Gasteiger partial charge on any atom is 0.255 e. The van der Waals surface area contributed by atoms with Gasteiger partial charge in [-0.1, -0.05) is 0 Å². The van der Waals surface area contributed by atoms with Crippen molar-refractivity contribution in [3.63, 3.8) is 0 Å². The minimum absolute atomic E-state index is 0.0785. The fraction of sp³-hybridized carbons (Fsp3) is 0.591. The highest BCUT2D eigenvalue weighted by molar-refractivity contribution is 5.94. The summed E-state index contributed by atoms with van der Waals surface area (Å²) in [5.41, 5.74) is 1.54. The first kappa shape index (κ1) is 19.9. The van der Waals surface area contributed by atoms with Crippen molar-refractivity contribution in [3.8, 4) is 0 Å². The summed E-state index contributed by atoms with van der Waals surface area (Å²) in [6.45, 7) is 4.32. The van der Waals surface area contributed by atoms with Crippen molar-refractivity contribution < 1.29 is 9.59 Å². The molecule has 0 N–H and O–H groups in total. The first-order valence-corrected chi connectivity index (χ1v) is 10.7. The molecule has 29 heavy (non-hydrogen) atoms. The lowest BCUT2D eigenvalue weighted by Crippen LogP contribution is -2.44. The number of aromatic nitrogens is 2. The van der Waals surface area contributed by atoms with E-state index in [4.69, 9.17) is 0 Å². The van der Waals surface area contributed by atoms with Crippen LogP contribution in [0.25, 0.3) is 5.65 Å². The molecule has 0 saturated carbocycles. The summed E-state index contributed by atoms with van der Waals surface area (Å²) in [4.78, 5) is 36.0. The fourth-order valence-corrected chi connectivity index (χ4v) is 4.59. The standard InChI is InChI=1S/C22H31N5O2/c1-24-10-7-18(8-11-24)21(28)25(2)15-17-5-12-26(13-6-17)22(29)19-3-4-20-23-9-14-27(20)16-19/h3-4,9,14,16-18H,5-8,10-13,15H2,1-2H3. The van der Waals surface area contributed by atoms with E-state index in [9.17, 15) is 9.59 Å². The molecule has 4 heterocycles. The second kappa shape index (κ2) is 8.53. The number of fused-ring (bicyclic) bond motifs is 1. The van der Waals surface area contributed by atoms with Crippen LogP contribution in [0.1, 0.15) is 36.0 Å². The molecule has 2 aromatic heterocycles. The topological polar surface area (TPSA) is 61.2 Å². The lowest BCUT2D eigenvalue weighted by molar-refractivity contribution is -0.136. The third-order valence-electron chi connectivity index (χ3n) is 6.51. The Morgan fingerprint density at radius 1 is 1.10 bits per heavy atom. The Morgan fingerprint density at radius 2 is 1.83 bits per heavy atom. The lowest BCUT2D eigenvalue weighted by Gasteiger charge is -2.36. The molecule has 0 aromatic carbocycles. The van der Waals surface area contributed by atoms with E-state index in [-0.39, 0.29) is 11.8 Å². The average molecular weight is 398 g/mol. The Labute approximate surface area is 172 Å². The van der Waals surface area contributed by atoms with E-state index in [1.807, 2.05) is 45.8 Å². The molecule has 7 nitrogen and oxygen atoms in total. The van der Waals surface area contributed by atoms with E-state index in [0.717, 1.165) is 64.1 Å². The molecular formula is C22H31N5O2. The van der Waals surface area contributed by atoms with Gasteiger partial charge in [0, 0.05) is 51.2 Å². The number of imidazole rings is 1. The van der Waals surface area contributed by atoms with Crippen molar-refractivity contribution in [2.45, 2.75) is 25.7 Å². The third kappa shape index (κ3) is 4.45. The van der Waals surface area contributed by atoms with Gasteiger partial charge in [0.15, 0.2) is 0 Å². The SMILES string of the molecule is CN1CCC(C(=O)N(C)CC2CCN(C(=O)c3ccc4nccn4c3)CC2)CC1. The molecular weight excluding hydrogens is 366 g/mol. The molecule has 2 fully saturated rings. The Balaban J connectivity index is 1.27. The number of hydrogen-bond donors (Lipinski definition) is 0. The largest absolute Gasteiger partial charge is 0.345 e. The zero-order valence-corrected chi connectivity index (χ0v) is 17.5. The van der Waals surface area contributed by atoms with Crippen molar-refractivity contribution in [1.82, 2.24) is 24.1 Å². The van der Waals surface area contributed by atoms with Crippen LogP contribution in [0.5, 0.6) is 0 Å². The lowest BCUT2D eigenvalue weighted by atomic mass is 9.93. The summed E-state index contributed by atoms with van der Waals surface area (Å²) in [6.07, 6.45) is 9.27. The minimum atomic E-state index is 0.0785. The van der Waals surface area contributed by atoms with Crippen LogP contribution in [0.4, 0.5) is 0 Å². The van der Waals surface area contributed by atoms with Crippen LogP contribution < -0.4 is 0 Å². The van der Waals surface area contributed by atoms with Crippen molar-refractivity contribution in [1.29, 1.82) is 0 Å². The van der Waals surface area contributed by atoms with Crippen LogP contribution in [0, 0.1) is 11.8 Å². The Bertz CT molecular complexity index is 863. The quantitative estimate of drug-likeness (QED) is 0.792.